The number of hydrogen-bond donors (Lipinski definition) is 1. The second-order valence-electron chi connectivity index (χ2n) is 8.26. The van der Waals surface area contributed by atoms with Crippen molar-refractivity contribution < 1.29 is 4.79 Å². The molecule has 1 aliphatic rings. The van der Waals surface area contributed by atoms with E-state index in [1.54, 1.807) is 15.9 Å². The summed E-state index contributed by atoms with van der Waals surface area (Å²) in [6, 6.07) is 0.245. The number of thiophene rings is 1. The molecular weight excluding hydrogens is 390 g/mol. The topological polar surface area (TPSA) is 64.0 Å². The summed E-state index contributed by atoms with van der Waals surface area (Å²) in [7, 11) is 0. The summed E-state index contributed by atoms with van der Waals surface area (Å²) in [5, 5.41) is 4.28. The Bertz CT molecular complexity index is 932. The molecule has 0 aromatic carbocycles. The lowest BCUT2D eigenvalue weighted by Gasteiger charge is -2.30. The minimum absolute atomic E-state index is 0.00198. The Morgan fingerprint density at radius 2 is 1.93 bits per heavy atom. The minimum atomic E-state index is -0.300. The molecule has 1 amide bonds. The van der Waals surface area contributed by atoms with Crippen LogP contribution in [0.4, 0.5) is 0 Å². The molecule has 0 saturated heterocycles. The summed E-state index contributed by atoms with van der Waals surface area (Å²) in [5.41, 5.74) is 1.01. The predicted octanol–water partition coefficient (Wildman–Crippen LogP) is 4.83. The van der Waals surface area contributed by atoms with E-state index in [9.17, 15) is 9.59 Å². The van der Waals surface area contributed by atoms with Crippen LogP contribution >= 0.6 is 23.1 Å². The largest absolute Gasteiger partial charge is 0.352 e. The number of rotatable bonds is 5. The van der Waals surface area contributed by atoms with E-state index in [-0.39, 0.29) is 28.8 Å². The van der Waals surface area contributed by atoms with Gasteiger partial charge in [-0.05, 0) is 58.9 Å². The predicted molar refractivity (Wildman–Crippen MR) is 119 cm³/mol. The van der Waals surface area contributed by atoms with Crippen LogP contribution in [-0.2, 0) is 4.79 Å². The van der Waals surface area contributed by atoms with Gasteiger partial charge >= 0.3 is 0 Å². The molecule has 0 bridgehead atoms. The Hall–Kier alpha value is -1.34. The van der Waals surface area contributed by atoms with E-state index in [1.165, 1.54) is 31.0 Å². The lowest BCUT2D eigenvalue weighted by atomic mass is 9.86. The number of carbonyl (C=O) groups excluding carboxylic acids is 1. The maximum atomic E-state index is 13.2. The molecule has 154 valence electrons. The molecule has 0 radical (unpaired) electrons. The van der Waals surface area contributed by atoms with Crippen LogP contribution in [0.2, 0.25) is 0 Å². The molecule has 2 aromatic rings. The first-order chi connectivity index (χ1) is 13.2. The zero-order valence-corrected chi connectivity index (χ0v) is 19.3. The molecule has 5 nitrogen and oxygen atoms in total. The van der Waals surface area contributed by atoms with E-state index in [0.29, 0.717) is 16.5 Å². The molecular formula is C21H31N3O2S2. The third kappa shape index (κ3) is 4.15. The van der Waals surface area contributed by atoms with Gasteiger partial charge in [-0.25, -0.2) is 4.98 Å². The standard InChI is InChI=1S/C21H31N3O2S2/c1-11(2)24-20(26)17-13(4)14(5)27-19(17)23-21(24)28-15(6)18(25)22-16-10-8-7-9-12(16)3/h11-12,15-16H,7-10H2,1-6H3,(H,22,25). The molecule has 0 aliphatic heterocycles. The Balaban J connectivity index is 1.87. The van der Waals surface area contributed by atoms with E-state index in [1.807, 2.05) is 34.6 Å². The summed E-state index contributed by atoms with van der Waals surface area (Å²) < 4.78 is 1.74. The van der Waals surface area contributed by atoms with E-state index in [0.717, 1.165) is 21.7 Å². The van der Waals surface area contributed by atoms with Gasteiger partial charge in [-0.3, -0.25) is 14.2 Å². The van der Waals surface area contributed by atoms with Crippen LogP contribution < -0.4 is 10.9 Å². The fraction of sp³-hybridized carbons (Fsp3) is 0.667. The van der Waals surface area contributed by atoms with Crippen LogP contribution in [0.3, 0.4) is 0 Å². The van der Waals surface area contributed by atoms with Crippen LogP contribution in [0.1, 0.15) is 69.9 Å². The second-order valence-corrected chi connectivity index (χ2v) is 10.8. The van der Waals surface area contributed by atoms with Crippen molar-refractivity contribution in [2.24, 2.45) is 5.92 Å². The zero-order chi connectivity index (χ0) is 20.6. The first kappa shape index (κ1) is 21.4. The summed E-state index contributed by atoms with van der Waals surface area (Å²) in [5.74, 6) is 0.558. The Labute approximate surface area is 175 Å². The molecule has 1 saturated carbocycles. The van der Waals surface area contributed by atoms with Crippen molar-refractivity contribution in [3.05, 3.63) is 20.8 Å². The molecule has 1 fully saturated rings. The third-order valence-electron chi connectivity index (χ3n) is 5.81. The Kier molecular flexibility index (Phi) is 6.54. The zero-order valence-electron chi connectivity index (χ0n) is 17.7. The van der Waals surface area contributed by atoms with Crippen LogP contribution in [0, 0.1) is 19.8 Å². The summed E-state index contributed by atoms with van der Waals surface area (Å²) in [6.07, 6.45) is 4.66. The normalized spacial score (nSPS) is 21.2. The SMILES string of the molecule is Cc1sc2nc(SC(C)C(=O)NC3CCCCC3C)n(C(C)C)c(=O)c2c1C. The van der Waals surface area contributed by atoms with Gasteiger partial charge in [0.25, 0.3) is 5.56 Å². The molecule has 7 heteroatoms. The molecule has 1 N–H and O–H groups in total. The van der Waals surface area contributed by atoms with Gasteiger partial charge in [0.2, 0.25) is 5.91 Å². The monoisotopic (exact) mass is 421 g/mol. The van der Waals surface area contributed by atoms with E-state index in [2.05, 4.69) is 12.2 Å². The highest BCUT2D eigenvalue weighted by Gasteiger charge is 2.27. The Morgan fingerprint density at radius 1 is 1.25 bits per heavy atom. The molecule has 2 heterocycles. The molecule has 28 heavy (non-hydrogen) atoms. The number of thioether (sulfide) groups is 1. The highest BCUT2D eigenvalue weighted by Crippen LogP contribution is 2.31. The highest BCUT2D eigenvalue weighted by atomic mass is 32.2. The smallest absolute Gasteiger partial charge is 0.263 e. The number of aryl methyl sites for hydroxylation is 2. The molecule has 3 rings (SSSR count). The van der Waals surface area contributed by atoms with E-state index < -0.39 is 0 Å². The lowest BCUT2D eigenvalue weighted by Crippen LogP contribution is -2.44. The van der Waals surface area contributed by atoms with Crippen molar-refractivity contribution in [3.8, 4) is 0 Å². The number of aromatic nitrogens is 2. The average molecular weight is 422 g/mol. The lowest BCUT2D eigenvalue weighted by molar-refractivity contribution is -0.121. The average Bonchev–Trinajstić information content (AvgIpc) is 2.90. The minimum Gasteiger partial charge on any atom is -0.352 e. The maximum absolute atomic E-state index is 13.2. The van der Waals surface area contributed by atoms with Crippen LogP contribution in [0.5, 0.6) is 0 Å². The van der Waals surface area contributed by atoms with Gasteiger partial charge in [-0.1, -0.05) is 31.5 Å². The summed E-state index contributed by atoms with van der Waals surface area (Å²) in [6.45, 7) is 12.1. The van der Waals surface area contributed by atoms with Crippen molar-refractivity contribution in [2.45, 2.75) is 89.7 Å². The second kappa shape index (κ2) is 8.57. The van der Waals surface area contributed by atoms with Gasteiger partial charge in [0.15, 0.2) is 5.16 Å². The van der Waals surface area contributed by atoms with Gasteiger partial charge in [0.05, 0.1) is 10.6 Å². The highest BCUT2D eigenvalue weighted by molar-refractivity contribution is 8.00. The fourth-order valence-corrected chi connectivity index (χ4v) is 5.99. The van der Waals surface area contributed by atoms with E-state index in [4.69, 9.17) is 4.98 Å². The van der Waals surface area contributed by atoms with Crippen LogP contribution in [0.25, 0.3) is 10.2 Å². The number of fused-ring (bicyclic) bond motifs is 1. The van der Waals surface area contributed by atoms with Crippen molar-refractivity contribution >= 4 is 39.2 Å². The molecule has 2 aromatic heterocycles. The van der Waals surface area contributed by atoms with Gasteiger partial charge < -0.3 is 5.32 Å². The number of nitrogens with zero attached hydrogens (tertiary/aromatic N) is 2. The molecule has 3 atom stereocenters. The number of amides is 1. The molecule has 0 spiro atoms. The molecule has 1 aliphatic carbocycles. The van der Waals surface area contributed by atoms with Crippen molar-refractivity contribution in [1.29, 1.82) is 0 Å². The van der Waals surface area contributed by atoms with E-state index >= 15 is 0 Å². The van der Waals surface area contributed by atoms with Gasteiger partial charge in [0.1, 0.15) is 4.83 Å². The number of nitrogens with one attached hydrogen (secondary N) is 1. The maximum Gasteiger partial charge on any atom is 0.263 e. The number of carbonyl (C=O) groups is 1. The summed E-state index contributed by atoms with van der Waals surface area (Å²) in [4.78, 5) is 32.6. The first-order valence-electron chi connectivity index (χ1n) is 10.2. The van der Waals surface area contributed by atoms with Gasteiger partial charge in [-0.15, -0.1) is 11.3 Å². The van der Waals surface area contributed by atoms with Gasteiger partial charge in [-0.2, -0.15) is 0 Å². The Morgan fingerprint density at radius 3 is 2.57 bits per heavy atom. The van der Waals surface area contributed by atoms with Gasteiger partial charge in [0, 0.05) is 17.0 Å². The van der Waals surface area contributed by atoms with Crippen molar-refractivity contribution in [3.63, 3.8) is 0 Å². The number of hydrogen-bond acceptors (Lipinski definition) is 5. The van der Waals surface area contributed by atoms with Crippen LogP contribution in [-0.4, -0.2) is 26.8 Å². The third-order valence-corrected chi connectivity index (χ3v) is 7.98. The first-order valence-corrected chi connectivity index (χ1v) is 11.9. The van der Waals surface area contributed by atoms with Crippen molar-refractivity contribution in [1.82, 2.24) is 14.9 Å². The quantitative estimate of drug-likeness (QED) is 0.555. The molecule has 3 unspecified atom stereocenters. The summed E-state index contributed by atoms with van der Waals surface area (Å²) >= 11 is 2.94. The van der Waals surface area contributed by atoms with Crippen LogP contribution in [0.15, 0.2) is 9.95 Å². The fourth-order valence-electron chi connectivity index (χ4n) is 3.87. The van der Waals surface area contributed by atoms with Crippen molar-refractivity contribution in [2.75, 3.05) is 0 Å².